The number of hydrogen-bond acceptors (Lipinski definition) is 4. The van der Waals surface area contributed by atoms with Crippen molar-refractivity contribution in [2.24, 2.45) is 0 Å². The Bertz CT molecular complexity index is 679. The number of nitrogens with one attached hydrogen (secondary N) is 2. The first-order chi connectivity index (χ1) is 10.0. The van der Waals surface area contributed by atoms with Crippen LogP contribution in [0.25, 0.3) is 0 Å². The average molecular weight is 304 g/mol. The van der Waals surface area contributed by atoms with Gasteiger partial charge in [-0.25, -0.2) is 0 Å². The standard InChI is InChI=1S/C15H16N2O3S/c1-3-12-9(2)8-13(21-12)15(20)17-16-14(19)10-6-4-5-7-11(10)18/h4-8,18H,3H2,1-2H3,(H,16,19)(H,17,20). The summed E-state index contributed by atoms with van der Waals surface area (Å²) in [6.45, 7) is 3.98. The Balaban J connectivity index is 2.01. The maximum atomic E-state index is 12.0. The molecule has 0 saturated heterocycles. The lowest BCUT2D eigenvalue weighted by molar-refractivity contribution is 0.0847. The molecule has 0 spiro atoms. The molecule has 0 unspecified atom stereocenters. The van der Waals surface area contributed by atoms with Crippen molar-refractivity contribution in [3.05, 3.63) is 51.2 Å². The van der Waals surface area contributed by atoms with Crippen LogP contribution in [0.1, 0.15) is 37.4 Å². The summed E-state index contributed by atoms with van der Waals surface area (Å²) in [6, 6.07) is 7.93. The van der Waals surface area contributed by atoms with Crippen molar-refractivity contribution in [1.82, 2.24) is 10.9 Å². The van der Waals surface area contributed by atoms with Crippen molar-refractivity contribution >= 4 is 23.2 Å². The van der Waals surface area contributed by atoms with Crippen LogP contribution in [0.4, 0.5) is 0 Å². The summed E-state index contributed by atoms with van der Waals surface area (Å²) in [5.74, 6) is -1.07. The largest absolute Gasteiger partial charge is 0.507 e. The molecular formula is C15H16N2O3S. The molecule has 0 atom stereocenters. The molecule has 3 N–H and O–H groups in total. The zero-order chi connectivity index (χ0) is 15.4. The third-order valence-corrected chi connectivity index (χ3v) is 4.38. The molecule has 110 valence electrons. The minimum atomic E-state index is -0.564. The number of amides is 2. The van der Waals surface area contributed by atoms with Crippen LogP contribution in [0.15, 0.2) is 30.3 Å². The normalized spacial score (nSPS) is 10.2. The molecular weight excluding hydrogens is 288 g/mol. The van der Waals surface area contributed by atoms with Crippen molar-refractivity contribution in [2.75, 3.05) is 0 Å². The molecule has 0 aliphatic carbocycles. The highest BCUT2D eigenvalue weighted by atomic mass is 32.1. The van der Waals surface area contributed by atoms with E-state index in [2.05, 4.69) is 10.9 Å². The molecule has 5 nitrogen and oxygen atoms in total. The SMILES string of the molecule is CCc1sc(C(=O)NNC(=O)c2ccccc2O)cc1C. The molecule has 2 amide bonds. The van der Waals surface area contributed by atoms with Gasteiger partial charge in [-0.2, -0.15) is 0 Å². The summed E-state index contributed by atoms with van der Waals surface area (Å²) in [4.78, 5) is 25.5. The van der Waals surface area contributed by atoms with Gasteiger partial charge in [-0.15, -0.1) is 11.3 Å². The lowest BCUT2D eigenvalue weighted by atomic mass is 10.2. The minimum absolute atomic E-state index is 0.106. The molecule has 2 aromatic rings. The molecule has 0 fully saturated rings. The van der Waals surface area contributed by atoms with E-state index in [0.717, 1.165) is 16.9 Å². The first-order valence-corrected chi connectivity index (χ1v) is 7.32. The van der Waals surface area contributed by atoms with Crippen LogP contribution in [-0.4, -0.2) is 16.9 Å². The minimum Gasteiger partial charge on any atom is -0.507 e. The zero-order valence-corrected chi connectivity index (χ0v) is 12.6. The van der Waals surface area contributed by atoms with Gasteiger partial charge in [-0.05, 0) is 37.1 Å². The number of hydrogen-bond donors (Lipinski definition) is 3. The van der Waals surface area contributed by atoms with E-state index in [1.807, 2.05) is 13.8 Å². The van der Waals surface area contributed by atoms with Crippen LogP contribution < -0.4 is 10.9 Å². The Morgan fingerprint density at radius 1 is 1.19 bits per heavy atom. The van der Waals surface area contributed by atoms with Crippen molar-refractivity contribution < 1.29 is 14.7 Å². The van der Waals surface area contributed by atoms with Gasteiger partial charge in [0.05, 0.1) is 10.4 Å². The maximum Gasteiger partial charge on any atom is 0.279 e. The van der Waals surface area contributed by atoms with Crippen LogP contribution in [0, 0.1) is 6.92 Å². The van der Waals surface area contributed by atoms with Gasteiger partial charge in [-0.1, -0.05) is 19.1 Å². The van der Waals surface area contributed by atoms with Crippen LogP contribution in [0.2, 0.25) is 0 Å². The van der Waals surface area contributed by atoms with Crippen LogP contribution in [0.5, 0.6) is 5.75 Å². The van der Waals surface area contributed by atoms with Crippen molar-refractivity contribution in [2.45, 2.75) is 20.3 Å². The molecule has 0 bridgehead atoms. The quantitative estimate of drug-likeness (QED) is 0.762. The molecule has 1 aromatic carbocycles. The molecule has 0 aliphatic heterocycles. The summed E-state index contributed by atoms with van der Waals surface area (Å²) < 4.78 is 0. The topological polar surface area (TPSA) is 78.4 Å². The van der Waals surface area contributed by atoms with E-state index in [-0.39, 0.29) is 17.2 Å². The van der Waals surface area contributed by atoms with E-state index >= 15 is 0 Å². The smallest absolute Gasteiger partial charge is 0.279 e. The van der Waals surface area contributed by atoms with Crippen molar-refractivity contribution in [1.29, 1.82) is 0 Å². The van der Waals surface area contributed by atoms with Crippen LogP contribution in [-0.2, 0) is 6.42 Å². The third-order valence-electron chi connectivity index (χ3n) is 3.00. The Hall–Kier alpha value is -2.34. The summed E-state index contributed by atoms with van der Waals surface area (Å²) in [6.07, 6.45) is 0.869. The Kier molecular flexibility index (Phi) is 4.59. The number of thiophene rings is 1. The highest BCUT2D eigenvalue weighted by Crippen LogP contribution is 2.22. The van der Waals surface area contributed by atoms with Gasteiger partial charge in [0.2, 0.25) is 0 Å². The molecule has 21 heavy (non-hydrogen) atoms. The Labute approximate surface area is 126 Å². The fourth-order valence-corrected chi connectivity index (χ4v) is 2.90. The van der Waals surface area contributed by atoms with E-state index in [1.165, 1.54) is 23.5 Å². The Morgan fingerprint density at radius 3 is 2.48 bits per heavy atom. The Morgan fingerprint density at radius 2 is 1.86 bits per heavy atom. The summed E-state index contributed by atoms with van der Waals surface area (Å²) in [7, 11) is 0. The number of benzene rings is 1. The first kappa shape index (κ1) is 15.1. The van der Waals surface area contributed by atoms with Gasteiger partial charge >= 0.3 is 0 Å². The summed E-state index contributed by atoms with van der Waals surface area (Å²) in [5.41, 5.74) is 5.82. The average Bonchev–Trinajstić information content (AvgIpc) is 2.86. The van der Waals surface area contributed by atoms with Gasteiger partial charge in [0.1, 0.15) is 5.75 Å². The molecule has 0 aliphatic rings. The number of aromatic hydroxyl groups is 1. The van der Waals surface area contributed by atoms with Gasteiger partial charge in [0.15, 0.2) is 0 Å². The molecule has 2 rings (SSSR count). The van der Waals surface area contributed by atoms with E-state index in [4.69, 9.17) is 0 Å². The predicted octanol–water partition coefficient (Wildman–Crippen LogP) is 2.40. The summed E-state index contributed by atoms with van der Waals surface area (Å²) in [5, 5.41) is 9.56. The van der Waals surface area contributed by atoms with E-state index in [0.29, 0.717) is 4.88 Å². The van der Waals surface area contributed by atoms with Gasteiger partial charge < -0.3 is 5.11 Å². The number of phenolic OH excluding ortho intramolecular Hbond substituents is 1. The zero-order valence-electron chi connectivity index (χ0n) is 11.8. The fraction of sp³-hybridized carbons (Fsp3) is 0.200. The number of aryl methyl sites for hydroxylation is 2. The lowest BCUT2D eigenvalue weighted by Crippen LogP contribution is -2.41. The molecule has 0 radical (unpaired) electrons. The van der Waals surface area contributed by atoms with E-state index in [1.54, 1.807) is 18.2 Å². The number of carbonyl (C=O) groups is 2. The first-order valence-electron chi connectivity index (χ1n) is 6.51. The van der Waals surface area contributed by atoms with E-state index < -0.39 is 5.91 Å². The monoisotopic (exact) mass is 304 g/mol. The number of para-hydroxylation sites is 1. The lowest BCUT2D eigenvalue weighted by Gasteiger charge is -2.07. The van der Waals surface area contributed by atoms with Crippen LogP contribution >= 0.6 is 11.3 Å². The number of hydrazine groups is 1. The highest BCUT2D eigenvalue weighted by Gasteiger charge is 2.14. The molecule has 1 aromatic heterocycles. The molecule has 0 saturated carbocycles. The second kappa shape index (κ2) is 6.41. The van der Waals surface area contributed by atoms with Crippen LogP contribution in [0.3, 0.4) is 0 Å². The number of rotatable bonds is 3. The fourth-order valence-electron chi connectivity index (χ4n) is 1.89. The molecule has 1 heterocycles. The third kappa shape index (κ3) is 3.41. The van der Waals surface area contributed by atoms with Crippen molar-refractivity contribution in [3.63, 3.8) is 0 Å². The number of phenols is 1. The maximum absolute atomic E-state index is 12.0. The predicted molar refractivity (Wildman–Crippen MR) is 81.5 cm³/mol. The summed E-state index contributed by atoms with van der Waals surface area (Å²) >= 11 is 1.41. The highest BCUT2D eigenvalue weighted by molar-refractivity contribution is 7.14. The second-order valence-corrected chi connectivity index (χ2v) is 5.63. The van der Waals surface area contributed by atoms with Gasteiger partial charge in [-0.3, -0.25) is 20.4 Å². The molecule has 6 heteroatoms. The van der Waals surface area contributed by atoms with Gasteiger partial charge in [0.25, 0.3) is 11.8 Å². The second-order valence-electron chi connectivity index (χ2n) is 4.50. The number of carbonyl (C=O) groups excluding carboxylic acids is 2. The van der Waals surface area contributed by atoms with Gasteiger partial charge in [0, 0.05) is 4.88 Å². The van der Waals surface area contributed by atoms with Crippen molar-refractivity contribution in [3.8, 4) is 5.75 Å². The van der Waals surface area contributed by atoms with E-state index in [9.17, 15) is 14.7 Å².